The number of carbonyl (C=O) groups is 1. The van der Waals surface area contributed by atoms with Crippen LogP contribution in [0.3, 0.4) is 0 Å². The normalized spacial score (nSPS) is 17.0. The van der Waals surface area contributed by atoms with Crippen LogP contribution >= 0.6 is 11.6 Å². The van der Waals surface area contributed by atoms with Gasteiger partial charge in [0.05, 0.1) is 11.5 Å². The first-order chi connectivity index (χ1) is 14.2. The molecule has 0 bridgehead atoms. The van der Waals surface area contributed by atoms with Crippen LogP contribution in [-0.2, 0) is 26.0 Å². The van der Waals surface area contributed by atoms with Crippen molar-refractivity contribution in [2.75, 3.05) is 26.8 Å². The van der Waals surface area contributed by atoms with E-state index in [9.17, 15) is 17.6 Å². The van der Waals surface area contributed by atoms with E-state index < -0.39 is 34.5 Å². The SMILES string of the molecule is COCCc1cccc(-c2cc(Cl)ccc2S(=O)(=O)N2CCC(F)(C(=O)O)CC2)c1. The monoisotopic (exact) mass is 455 g/mol. The maximum absolute atomic E-state index is 14.4. The summed E-state index contributed by atoms with van der Waals surface area (Å²) in [6.07, 6.45) is -0.110. The Kier molecular flexibility index (Phi) is 6.81. The average Bonchev–Trinajstić information content (AvgIpc) is 2.72. The summed E-state index contributed by atoms with van der Waals surface area (Å²) < 4.78 is 47.2. The molecule has 162 valence electrons. The quantitative estimate of drug-likeness (QED) is 0.687. The number of hydrogen-bond donors (Lipinski definition) is 1. The number of aliphatic carboxylic acids is 1. The van der Waals surface area contributed by atoms with E-state index >= 15 is 0 Å². The third-order valence-corrected chi connectivity index (χ3v) is 7.48. The number of halogens is 2. The molecule has 0 atom stereocenters. The number of ether oxygens (including phenoxy) is 1. The van der Waals surface area contributed by atoms with Gasteiger partial charge in [-0.1, -0.05) is 35.9 Å². The molecular weight excluding hydrogens is 433 g/mol. The van der Waals surface area contributed by atoms with Crippen LogP contribution in [0, 0.1) is 0 Å². The van der Waals surface area contributed by atoms with Crippen molar-refractivity contribution in [3.63, 3.8) is 0 Å². The molecule has 1 aliphatic rings. The van der Waals surface area contributed by atoms with Gasteiger partial charge in [-0.3, -0.25) is 0 Å². The lowest BCUT2D eigenvalue weighted by Crippen LogP contribution is -2.48. The molecule has 2 aromatic rings. The Morgan fingerprint density at radius 2 is 1.93 bits per heavy atom. The summed E-state index contributed by atoms with van der Waals surface area (Å²) in [6.45, 7) is 0.120. The first kappa shape index (κ1) is 22.7. The second-order valence-electron chi connectivity index (χ2n) is 7.26. The number of rotatable bonds is 7. The molecule has 0 radical (unpaired) electrons. The van der Waals surface area contributed by atoms with Crippen LogP contribution in [0.1, 0.15) is 18.4 Å². The highest BCUT2D eigenvalue weighted by atomic mass is 35.5. The minimum Gasteiger partial charge on any atom is -0.479 e. The molecule has 1 N–H and O–H groups in total. The highest BCUT2D eigenvalue weighted by Gasteiger charge is 2.44. The summed E-state index contributed by atoms with van der Waals surface area (Å²) in [6, 6.07) is 12.0. The fraction of sp³-hybridized carbons (Fsp3) is 0.381. The molecular formula is C21H23ClFNO5S. The molecule has 30 heavy (non-hydrogen) atoms. The fourth-order valence-corrected chi connectivity index (χ4v) is 5.31. The molecule has 2 aromatic carbocycles. The maximum atomic E-state index is 14.4. The number of hydrogen-bond acceptors (Lipinski definition) is 4. The molecule has 0 aromatic heterocycles. The number of sulfonamides is 1. The van der Waals surface area contributed by atoms with Crippen LogP contribution in [0.5, 0.6) is 0 Å². The van der Waals surface area contributed by atoms with Gasteiger partial charge in [0.25, 0.3) is 0 Å². The molecule has 1 aliphatic heterocycles. The van der Waals surface area contributed by atoms with Gasteiger partial charge >= 0.3 is 5.97 Å². The molecule has 3 rings (SSSR count). The predicted octanol–water partition coefficient (Wildman–Crippen LogP) is 3.77. The van der Waals surface area contributed by atoms with Crippen LogP contribution in [0.25, 0.3) is 11.1 Å². The largest absolute Gasteiger partial charge is 0.479 e. The summed E-state index contributed by atoms with van der Waals surface area (Å²) in [5.41, 5.74) is -0.284. The predicted molar refractivity (Wildman–Crippen MR) is 112 cm³/mol. The van der Waals surface area contributed by atoms with E-state index in [1.165, 1.54) is 12.1 Å². The van der Waals surface area contributed by atoms with Gasteiger partial charge in [0.15, 0.2) is 0 Å². The van der Waals surface area contributed by atoms with Gasteiger partial charge in [0.1, 0.15) is 0 Å². The molecule has 1 fully saturated rings. The minimum atomic E-state index is -3.97. The summed E-state index contributed by atoms with van der Waals surface area (Å²) in [5.74, 6) is -1.56. The van der Waals surface area contributed by atoms with E-state index in [1.807, 2.05) is 18.2 Å². The Balaban J connectivity index is 1.97. The zero-order valence-electron chi connectivity index (χ0n) is 16.5. The van der Waals surface area contributed by atoms with Crippen molar-refractivity contribution in [1.82, 2.24) is 4.31 Å². The van der Waals surface area contributed by atoms with E-state index in [4.69, 9.17) is 21.4 Å². The third kappa shape index (κ3) is 4.67. The first-order valence-corrected chi connectivity index (χ1v) is 11.3. The van der Waals surface area contributed by atoms with E-state index in [-0.39, 0.29) is 18.0 Å². The van der Waals surface area contributed by atoms with Crippen molar-refractivity contribution in [3.8, 4) is 11.1 Å². The van der Waals surface area contributed by atoms with Crippen LogP contribution in [0.4, 0.5) is 4.39 Å². The Labute approximate surface area is 180 Å². The lowest BCUT2D eigenvalue weighted by molar-refractivity contribution is -0.153. The Hall–Kier alpha value is -2.00. The van der Waals surface area contributed by atoms with Crippen molar-refractivity contribution in [2.24, 2.45) is 0 Å². The average molecular weight is 456 g/mol. The number of carboxylic acids is 1. The number of carboxylic acid groups (broad SMARTS) is 1. The minimum absolute atomic E-state index is 0.0532. The lowest BCUT2D eigenvalue weighted by atomic mass is 9.95. The summed E-state index contributed by atoms with van der Waals surface area (Å²) >= 11 is 6.15. The van der Waals surface area contributed by atoms with Crippen molar-refractivity contribution in [1.29, 1.82) is 0 Å². The molecule has 0 aliphatic carbocycles. The summed E-state index contributed by atoms with van der Waals surface area (Å²) in [7, 11) is -2.36. The van der Waals surface area contributed by atoms with Gasteiger partial charge in [-0.15, -0.1) is 0 Å². The number of benzene rings is 2. The molecule has 1 saturated heterocycles. The van der Waals surface area contributed by atoms with Crippen LogP contribution in [0.15, 0.2) is 47.4 Å². The van der Waals surface area contributed by atoms with Gasteiger partial charge in [-0.25, -0.2) is 17.6 Å². The second-order valence-corrected chi connectivity index (χ2v) is 9.60. The van der Waals surface area contributed by atoms with E-state index in [1.54, 1.807) is 19.2 Å². The number of nitrogens with zero attached hydrogens (tertiary/aromatic N) is 1. The first-order valence-electron chi connectivity index (χ1n) is 9.48. The number of methoxy groups -OCH3 is 1. The summed E-state index contributed by atoms with van der Waals surface area (Å²) in [5, 5.41) is 9.44. The Morgan fingerprint density at radius 3 is 2.57 bits per heavy atom. The van der Waals surface area contributed by atoms with E-state index in [2.05, 4.69) is 0 Å². The van der Waals surface area contributed by atoms with Crippen LogP contribution in [0.2, 0.25) is 5.02 Å². The highest BCUT2D eigenvalue weighted by Crippen LogP contribution is 2.35. The molecule has 0 spiro atoms. The van der Waals surface area contributed by atoms with Crippen molar-refractivity contribution < 1.29 is 27.4 Å². The Bertz CT molecular complexity index is 1040. The van der Waals surface area contributed by atoms with Crippen molar-refractivity contribution in [3.05, 3.63) is 53.1 Å². The molecule has 1 heterocycles. The molecule has 6 nitrogen and oxygen atoms in total. The van der Waals surface area contributed by atoms with Crippen LogP contribution in [-0.4, -0.2) is 56.3 Å². The zero-order valence-corrected chi connectivity index (χ0v) is 18.0. The summed E-state index contributed by atoms with van der Waals surface area (Å²) in [4.78, 5) is 11.2. The van der Waals surface area contributed by atoms with Crippen molar-refractivity contribution >= 4 is 27.6 Å². The van der Waals surface area contributed by atoms with Crippen LogP contribution < -0.4 is 0 Å². The third-order valence-electron chi connectivity index (χ3n) is 5.29. The highest BCUT2D eigenvalue weighted by molar-refractivity contribution is 7.89. The maximum Gasteiger partial charge on any atom is 0.341 e. The smallest absolute Gasteiger partial charge is 0.341 e. The fourth-order valence-electron chi connectivity index (χ4n) is 3.50. The molecule has 0 unspecified atom stereocenters. The molecule has 0 amide bonds. The topological polar surface area (TPSA) is 83.9 Å². The van der Waals surface area contributed by atoms with E-state index in [0.29, 0.717) is 29.2 Å². The lowest BCUT2D eigenvalue weighted by Gasteiger charge is -2.33. The van der Waals surface area contributed by atoms with Crippen molar-refractivity contribution in [2.45, 2.75) is 29.8 Å². The van der Waals surface area contributed by atoms with Gasteiger partial charge in [0.2, 0.25) is 15.7 Å². The Morgan fingerprint density at radius 1 is 1.23 bits per heavy atom. The zero-order chi connectivity index (χ0) is 21.9. The molecule has 0 saturated carbocycles. The standard InChI is InChI=1S/C21H23ClFNO5S/c1-29-12-7-15-3-2-4-16(13-15)18-14-17(22)5-6-19(18)30(27,28)24-10-8-21(23,9-11-24)20(25)26/h2-6,13-14H,7-12H2,1H3,(H,25,26). The number of piperidine rings is 1. The van der Waals surface area contributed by atoms with E-state index in [0.717, 1.165) is 9.87 Å². The number of alkyl halides is 1. The second kappa shape index (κ2) is 9.01. The molecule has 9 heteroatoms. The van der Waals surface area contributed by atoms with Gasteiger partial charge in [-0.2, -0.15) is 4.31 Å². The van der Waals surface area contributed by atoms with Gasteiger partial charge in [0, 0.05) is 43.6 Å². The van der Waals surface area contributed by atoms with Gasteiger partial charge in [-0.05, 0) is 35.7 Å². The van der Waals surface area contributed by atoms with Gasteiger partial charge < -0.3 is 9.84 Å².